The van der Waals surface area contributed by atoms with Gasteiger partial charge in [0.15, 0.2) is 0 Å². The summed E-state index contributed by atoms with van der Waals surface area (Å²) in [7, 11) is 0. The minimum absolute atomic E-state index is 0.125. The summed E-state index contributed by atoms with van der Waals surface area (Å²) in [5, 5.41) is 0. The smallest absolute Gasteiger partial charge is 0.123 e. The van der Waals surface area contributed by atoms with Crippen LogP contribution >= 0.6 is 0 Å². The molecular weight excluding hydrogens is 183 g/mol. The Morgan fingerprint density at radius 2 is 2.14 bits per heavy atom. The van der Waals surface area contributed by atoms with E-state index in [4.69, 9.17) is 9.47 Å². The predicted octanol–water partition coefficient (Wildman–Crippen LogP) is 2.13. The van der Waals surface area contributed by atoms with E-state index >= 15 is 0 Å². The van der Waals surface area contributed by atoms with Crippen LogP contribution in [0.15, 0.2) is 24.3 Å². The summed E-state index contributed by atoms with van der Waals surface area (Å²) in [6.07, 6.45) is 0.385. The lowest BCUT2D eigenvalue weighted by atomic mass is 10.2. The average molecular weight is 196 g/mol. The van der Waals surface area contributed by atoms with E-state index in [1.54, 1.807) is 12.1 Å². The van der Waals surface area contributed by atoms with Crippen molar-refractivity contribution in [3.63, 3.8) is 0 Å². The van der Waals surface area contributed by atoms with Gasteiger partial charge < -0.3 is 9.47 Å². The molecule has 0 N–H and O–H groups in total. The number of epoxide rings is 1. The Bertz CT molecular complexity index is 293. The molecule has 1 aromatic rings. The van der Waals surface area contributed by atoms with Gasteiger partial charge in [-0.3, -0.25) is 0 Å². The second-order valence-corrected chi connectivity index (χ2v) is 3.51. The van der Waals surface area contributed by atoms with Gasteiger partial charge in [0, 0.05) is 0 Å². The second-order valence-electron chi connectivity index (χ2n) is 3.51. The molecule has 1 heterocycles. The number of ether oxygens (including phenoxy) is 2. The number of benzene rings is 1. The maximum atomic E-state index is 12.6. The van der Waals surface area contributed by atoms with Gasteiger partial charge in [0.1, 0.15) is 11.9 Å². The summed E-state index contributed by atoms with van der Waals surface area (Å²) in [6, 6.07) is 6.35. The van der Waals surface area contributed by atoms with Crippen molar-refractivity contribution in [2.24, 2.45) is 0 Å². The highest BCUT2D eigenvalue weighted by Crippen LogP contribution is 2.17. The third kappa shape index (κ3) is 2.53. The molecule has 0 radical (unpaired) electrons. The molecule has 0 aromatic heterocycles. The quantitative estimate of drug-likeness (QED) is 0.688. The van der Waals surface area contributed by atoms with E-state index in [1.165, 1.54) is 12.1 Å². The number of hydrogen-bond acceptors (Lipinski definition) is 2. The van der Waals surface area contributed by atoms with E-state index < -0.39 is 0 Å². The van der Waals surface area contributed by atoms with Crippen molar-refractivity contribution in [3.05, 3.63) is 35.6 Å². The van der Waals surface area contributed by atoms with E-state index in [9.17, 15) is 4.39 Å². The van der Waals surface area contributed by atoms with Gasteiger partial charge in [-0.2, -0.15) is 0 Å². The van der Waals surface area contributed by atoms with Crippen molar-refractivity contribution in [2.75, 3.05) is 6.61 Å². The molecule has 1 fully saturated rings. The zero-order chi connectivity index (χ0) is 9.97. The molecule has 0 saturated carbocycles. The minimum atomic E-state index is -0.215. The Labute approximate surface area is 82.6 Å². The van der Waals surface area contributed by atoms with Gasteiger partial charge in [-0.1, -0.05) is 12.1 Å². The lowest BCUT2D eigenvalue weighted by Crippen LogP contribution is -2.14. The zero-order valence-corrected chi connectivity index (χ0v) is 8.07. The molecule has 2 nitrogen and oxygen atoms in total. The maximum Gasteiger partial charge on any atom is 0.123 e. The van der Waals surface area contributed by atoms with Crippen LogP contribution in [0.4, 0.5) is 4.39 Å². The molecule has 76 valence electrons. The van der Waals surface area contributed by atoms with Crippen LogP contribution in [-0.4, -0.2) is 18.8 Å². The Balaban J connectivity index is 1.82. The van der Waals surface area contributed by atoms with E-state index in [-0.39, 0.29) is 18.0 Å². The van der Waals surface area contributed by atoms with Crippen LogP contribution in [0.3, 0.4) is 0 Å². The highest BCUT2D eigenvalue weighted by Gasteiger charge is 2.29. The van der Waals surface area contributed by atoms with Crippen molar-refractivity contribution >= 4 is 0 Å². The van der Waals surface area contributed by atoms with Gasteiger partial charge in [-0.15, -0.1) is 0 Å². The molecule has 0 unspecified atom stereocenters. The molecule has 1 aromatic carbocycles. The molecule has 2 atom stereocenters. The summed E-state index contributed by atoms with van der Waals surface area (Å²) in [5.41, 5.74) is 0.985. The largest absolute Gasteiger partial charge is 0.371 e. The number of rotatable bonds is 4. The summed E-state index contributed by atoms with van der Waals surface area (Å²) in [4.78, 5) is 0. The van der Waals surface area contributed by atoms with Gasteiger partial charge in [-0.25, -0.2) is 4.39 Å². The van der Waals surface area contributed by atoms with Crippen LogP contribution in [0, 0.1) is 5.82 Å². The molecule has 1 aliphatic rings. The SMILES string of the molecule is C[C@H](OCc1ccc(F)cc1)[C@@H]1CO1. The number of hydrogen-bond donors (Lipinski definition) is 0. The van der Waals surface area contributed by atoms with Crippen LogP contribution in [0.1, 0.15) is 12.5 Å². The third-order valence-corrected chi connectivity index (χ3v) is 2.31. The monoisotopic (exact) mass is 196 g/mol. The van der Waals surface area contributed by atoms with E-state index in [0.29, 0.717) is 6.61 Å². The maximum absolute atomic E-state index is 12.6. The summed E-state index contributed by atoms with van der Waals surface area (Å²) < 4.78 is 23.2. The first-order valence-corrected chi connectivity index (χ1v) is 4.73. The highest BCUT2D eigenvalue weighted by atomic mass is 19.1. The molecule has 0 aliphatic carbocycles. The minimum Gasteiger partial charge on any atom is -0.371 e. The van der Waals surface area contributed by atoms with E-state index in [1.807, 2.05) is 6.92 Å². The second kappa shape index (κ2) is 4.07. The van der Waals surface area contributed by atoms with E-state index in [0.717, 1.165) is 12.2 Å². The van der Waals surface area contributed by atoms with Gasteiger partial charge >= 0.3 is 0 Å². The lowest BCUT2D eigenvalue weighted by molar-refractivity contribution is 0.0340. The Morgan fingerprint density at radius 3 is 2.71 bits per heavy atom. The molecule has 2 rings (SSSR count). The topological polar surface area (TPSA) is 21.8 Å². The summed E-state index contributed by atoms with van der Waals surface area (Å²) in [5.74, 6) is -0.215. The molecule has 3 heteroatoms. The van der Waals surface area contributed by atoms with Gasteiger partial charge in [0.25, 0.3) is 0 Å². The van der Waals surface area contributed by atoms with Gasteiger partial charge in [0.05, 0.1) is 19.3 Å². The average Bonchev–Trinajstić information content (AvgIpc) is 3.00. The first-order valence-electron chi connectivity index (χ1n) is 4.73. The summed E-state index contributed by atoms with van der Waals surface area (Å²) >= 11 is 0. The lowest BCUT2D eigenvalue weighted by Gasteiger charge is -2.09. The van der Waals surface area contributed by atoms with Crippen molar-refractivity contribution in [2.45, 2.75) is 25.7 Å². The molecule has 1 aliphatic heterocycles. The van der Waals surface area contributed by atoms with Crippen molar-refractivity contribution in [1.82, 2.24) is 0 Å². The molecule has 1 saturated heterocycles. The van der Waals surface area contributed by atoms with Crippen LogP contribution in [0.25, 0.3) is 0 Å². The molecule has 14 heavy (non-hydrogen) atoms. The van der Waals surface area contributed by atoms with Crippen molar-refractivity contribution in [3.8, 4) is 0 Å². The predicted molar refractivity (Wildman–Crippen MR) is 50.4 cm³/mol. The first-order chi connectivity index (χ1) is 6.75. The van der Waals surface area contributed by atoms with Crippen molar-refractivity contribution < 1.29 is 13.9 Å². The van der Waals surface area contributed by atoms with Gasteiger partial charge in [-0.05, 0) is 24.6 Å². The molecule has 0 bridgehead atoms. The van der Waals surface area contributed by atoms with Crippen LogP contribution in [0.2, 0.25) is 0 Å². The van der Waals surface area contributed by atoms with Crippen LogP contribution in [0.5, 0.6) is 0 Å². The first kappa shape index (κ1) is 9.62. The van der Waals surface area contributed by atoms with Crippen LogP contribution < -0.4 is 0 Å². The molecular formula is C11H13FO2. The van der Waals surface area contributed by atoms with E-state index in [2.05, 4.69) is 0 Å². The molecule has 0 spiro atoms. The summed E-state index contributed by atoms with van der Waals surface area (Å²) in [6.45, 7) is 3.30. The Kier molecular flexibility index (Phi) is 2.79. The van der Waals surface area contributed by atoms with Crippen LogP contribution in [-0.2, 0) is 16.1 Å². The highest BCUT2D eigenvalue weighted by molar-refractivity contribution is 5.15. The standard InChI is InChI=1S/C11H13FO2/c1-8(11-7-14-11)13-6-9-2-4-10(12)5-3-9/h2-5,8,11H,6-7H2,1H3/t8-,11-/m0/s1. The zero-order valence-electron chi connectivity index (χ0n) is 8.07. The normalized spacial score (nSPS) is 22.0. The van der Waals surface area contributed by atoms with Gasteiger partial charge in [0.2, 0.25) is 0 Å². The third-order valence-electron chi connectivity index (χ3n) is 2.31. The fourth-order valence-corrected chi connectivity index (χ4v) is 1.24. The van der Waals surface area contributed by atoms with Crippen molar-refractivity contribution in [1.29, 1.82) is 0 Å². The number of halogens is 1. The Morgan fingerprint density at radius 1 is 1.50 bits per heavy atom. The molecule has 0 amide bonds. The Hall–Kier alpha value is -0.930. The fourth-order valence-electron chi connectivity index (χ4n) is 1.24. The fraction of sp³-hybridized carbons (Fsp3) is 0.455.